The van der Waals surface area contributed by atoms with E-state index in [0.29, 0.717) is 23.9 Å². The molecule has 1 aromatic heterocycles. The zero-order valence-electron chi connectivity index (χ0n) is 13.5. The van der Waals surface area contributed by atoms with Gasteiger partial charge >= 0.3 is 6.03 Å². The average Bonchev–Trinajstić information content (AvgIpc) is 3.26. The number of H-pyrrole nitrogens is 1. The topological polar surface area (TPSA) is 68.4 Å². The number of benzene rings is 1. The number of amides is 2. The van der Waals surface area contributed by atoms with Crippen LogP contribution in [0.4, 0.5) is 4.79 Å². The molecule has 2 amide bonds. The molecule has 0 bridgehead atoms. The van der Waals surface area contributed by atoms with Crippen molar-refractivity contribution in [2.24, 2.45) is 5.92 Å². The Kier molecular flexibility index (Phi) is 4.14. The molecule has 0 spiro atoms. The molecular weight excluding hydrogens is 326 g/mol. The SMILES string of the molecule is O=C1N[C@H](Cc2c[nH]c3c(Cl)cccc23)C(O)N1CC1CCCC1. The number of aromatic amines is 1. The summed E-state index contributed by atoms with van der Waals surface area (Å²) >= 11 is 6.20. The van der Waals surface area contributed by atoms with Crippen LogP contribution >= 0.6 is 11.6 Å². The first kappa shape index (κ1) is 15.8. The monoisotopic (exact) mass is 347 g/mol. The van der Waals surface area contributed by atoms with Crippen LogP contribution in [0.1, 0.15) is 31.2 Å². The van der Waals surface area contributed by atoms with Gasteiger partial charge in [0.15, 0.2) is 6.23 Å². The molecule has 1 saturated heterocycles. The molecule has 1 aliphatic carbocycles. The third kappa shape index (κ3) is 2.76. The van der Waals surface area contributed by atoms with Crippen LogP contribution in [0.25, 0.3) is 10.9 Å². The predicted octanol–water partition coefficient (Wildman–Crippen LogP) is 3.27. The highest BCUT2D eigenvalue weighted by atomic mass is 35.5. The summed E-state index contributed by atoms with van der Waals surface area (Å²) in [6.45, 7) is 0.656. The van der Waals surface area contributed by atoms with Gasteiger partial charge in [-0.1, -0.05) is 36.6 Å². The van der Waals surface area contributed by atoms with Crippen LogP contribution in [0.5, 0.6) is 0 Å². The van der Waals surface area contributed by atoms with Gasteiger partial charge in [0.05, 0.1) is 16.6 Å². The number of nitrogens with one attached hydrogen (secondary N) is 2. The molecule has 3 N–H and O–H groups in total. The van der Waals surface area contributed by atoms with E-state index < -0.39 is 6.23 Å². The summed E-state index contributed by atoms with van der Waals surface area (Å²) in [7, 11) is 0. The summed E-state index contributed by atoms with van der Waals surface area (Å²) in [6.07, 6.45) is 6.49. The molecule has 2 fully saturated rings. The van der Waals surface area contributed by atoms with Crippen LogP contribution in [0.15, 0.2) is 24.4 Å². The van der Waals surface area contributed by atoms with Crippen molar-refractivity contribution in [2.45, 2.75) is 44.4 Å². The molecular formula is C18H22ClN3O2. The highest BCUT2D eigenvalue weighted by Crippen LogP contribution is 2.29. The number of hydrogen-bond donors (Lipinski definition) is 3. The highest BCUT2D eigenvalue weighted by Gasteiger charge is 2.39. The van der Waals surface area contributed by atoms with Gasteiger partial charge in [0.2, 0.25) is 0 Å². The molecule has 24 heavy (non-hydrogen) atoms. The van der Waals surface area contributed by atoms with E-state index in [9.17, 15) is 9.90 Å². The lowest BCUT2D eigenvalue weighted by molar-refractivity contribution is 0.0333. The quantitative estimate of drug-likeness (QED) is 0.794. The summed E-state index contributed by atoms with van der Waals surface area (Å²) in [5.74, 6) is 0.524. The minimum absolute atomic E-state index is 0.155. The lowest BCUT2D eigenvalue weighted by atomic mass is 10.0. The number of fused-ring (bicyclic) bond motifs is 1. The van der Waals surface area contributed by atoms with Crippen LogP contribution in [-0.4, -0.2) is 39.8 Å². The van der Waals surface area contributed by atoms with Crippen molar-refractivity contribution in [3.05, 3.63) is 35.0 Å². The molecule has 4 rings (SSSR count). The first-order valence-corrected chi connectivity index (χ1v) is 9.01. The first-order valence-electron chi connectivity index (χ1n) is 8.63. The average molecular weight is 348 g/mol. The molecule has 1 unspecified atom stereocenters. The van der Waals surface area contributed by atoms with E-state index in [4.69, 9.17) is 11.6 Å². The van der Waals surface area contributed by atoms with Crippen LogP contribution in [-0.2, 0) is 6.42 Å². The fourth-order valence-electron chi connectivity index (χ4n) is 4.05. The molecule has 128 valence electrons. The molecule has 1 aliphatic heterocycles. The molecule has 1 aromatic carbocycles. The Hall–Kier alpha value is -1.72. The van der Waals surface area contributed by atoms with E-state index >= 15 is 0 Å². The Morgan fingerprint density at radius 3 is 2.88 bits per heavy atom. The number of carbonyl (C=O) groups excluding carboxylic acids is 1. The van der Waals surface area contributed by atoms with Gasteiger partial charge in [0.25, 0.3) is 0 Å². The van der Waals surface area contributed by atoms with Gasteiger partial charge in [-0.25, -0.2) is 4.79 Å². The number of aromatic nitrogens is 1. The van der Waals surface area contributed by atoms with Crippen LogP contribution in [0.2, 0.25) is 5.02 Å². The van der Waals surface area contributed by atoms with Crippen molar-refractivity contribution < 1.29 is 9.90 Å². The molecule has 2 heterocycles. The van der Waals surface area contributed by atoms with E-state index in [1.54, 1.807) is 4.90 Å². The number of aliphatic hydroxyl groups excluding tert-OH is 1. The fourth-order valence-corrected chi connectivity index (χ4v) is 4.28. The van der Waals surface area contributed by atoms with Crippen molar-refractivity contribution in [3.63, 3.8) is 0 Å². The molecule has 5 nitrogen and oxygen atoms in total. The Labute approximate surface area is 146 Å². The van der Waals surface area contributed by atoms with Crippen molar-refractivity contribution in [3.8, 4) is 0 Å². The highest BCUT2D eigenvalue weighted by molar-refractivity contribution is 6.35. The second-order valence-corrected chi connectivity index (χ2v) is 7.36. The lowest BCUT2D eigenvalue weighted by Gasteiger charge is -2.24. The predicted molar refractivity (Wildman–Crippen MR) is 94.0 cm³/mol. The number of carbonyl (C=O) groups is 1. The second kappa shape index (κ2) is 6.30. The lowest BCUT2D eigenvalue weighted by Crippen LogP contribution is -2.39. The van der Waals surface area contributed by atoms with Gasteiger partial charge in [-0.3, -0.25) is 4.90 Å². The van der Waals surface area contributed by atoms with Gasteiger partial charge in [0, 0.05) is 18.1 Å². The zero-order chi connectivity index (χ0) is 16.7. The largest absolute Gasteiger partial charge is 0.371 e. The van der Waals surface area contributed by atoms with Gasteiger partial charge in [-0.2, -0.15) is 0 Å². The number of halogens is 1. The van der Waals surface area contributed by atoms with E-state index in [1.807, 2.05) is 24.4 Å². The van der Waals surface area contributed by atoms with Crippen molar-refractivity contribution in [1.29, 1.82) is 0 Å². The zero-order valence-corrected chi connectivity index (χ0v) is 14.2. The van der Waals surface area contributed by atoms with Gasteiger partial charge in [0.1, 0.15) is 0 Å². The number of urea groups is 1. The maximum Gasteiger partial charge on any atom is 0.319 e. The second-order valence-electron chi connectivity index (χ2n) is 6.95. The fraction of sp³-hybridized carbons (Fsp3) is 0.500. The number of rotatable bonds is 4. The number of hydrogen-bond acceptors (Lipinski definition) is 2. The summed E-state index contributed by atoms with van der Waals surface area (Å²) < 4.78 is 0. The van der Waals surface area contributed by atoms with Crippen LogP contribution < -0.4 is 5.32 Å². The molecule has 2 aliphatic rings. The smallest absolute Gasteiger partial charge is 0.319 e. The summed E-state index contributed by atoms with van der Waals surface area (Å²) in [5, 5.41) is 15.3. The van der Waals surface area contributed by atoms with Crippen LogP contribution in [0.3, 0.4) is 0 Å². The van der Waals surface area contributed by atoms with Gasteiger partial charge in [-0.15, -0.1) is 0 Å². The number of aliphatic hydroxyl groups is 1. The molecule has 2 aromatic rings. The summed E-state index contributed by atoms with van der Waals surface area (Å²) in [4.78, 5) is 17.0. The standard InChI is InChI=1S/C18H22ClN3O2/c19-14-7-3-6-13-12(9-20-16(13)14)8-15-17(23)22(18(24)21-15)10-11-4-1-2-5-11/h3,6-7,9,11,15,17,20,23H,1-2,4-5,8,10H2,(H,21,24)/t15-,17?/m1/s1. The number of para-hydroxylation sites is 1. The minimum atomic E-state index is -0.776. The first-order chi connectivity index (χ1) is 11.6. The maximum absolute atomic E-state index is 12.3. The normalized spacial score (nSPS) is 24.9. The number of nitrogens with zero attached hydrogens (tertiary/aromatic N) is 1. The Bertz CT molecular complexity index is 754. The van der Waals surface area contributed by atoms with Gasteiger partial charge < -0.3 is 15.4 Å². The summed E-state index contributed by atoms with van der Waals surface area (Å²) in [5.41, 5.74) is 1.95. The third-order valence-corrected chi connectivity index (χ3v) is 5.68. The van der Waals surface area contributed by atoms with E-state index in [1.165, 1.54) is 12.8 Å². The molecule has 2 atom stereocenters. The van der Waals surface area contributed by atoms with E-state index in [-0.39, 0.29) is 12.1 Å². The van der Waals surface area contributed by atoms with E-state index in [0.717, 1.165) is 29.3 Å². The molecule has 6 heteroatoms. The summed E-state index contributed by atoms with van der Waals surface area (Å²) in [6, 6.07) is 5.32. The molecule has 1 saturated carbocycles. The van der Waals surface area contributed by atoms with Crippen molar-refractivity contribution in [2.75, 3.05) is 6.54 Å². The Morgan fingerprint density at radius 2 is 2.08 bits per heavy atom. The van der Waals surface area contributed by atoms with Crippen LogP contribution in [0, 0.1) is 5.92 Å². The van der Waals surface area contributed by atoms with E-state index in [2.05, 4.69) is 10.3 Å². The van der Waals surface area contributed by atoms with Gasteiger partial charge in [-0.05, 0) is 36.8 Å². The maximum atomic E-state index is 12.3. The molecule has 0 radical (unpaired) electrons. The Balaban J connectivity index is 1.50. The van der Waals surface area contributed by atoms with Crippen molar-refractivity contribution >= 4 is 28.5 Å². The Morgan fingerprint density at radius 1 is 1.29 bits per heavy atom. The minimum Gasteiger partial charge on any atom is -0.371 e. The third-order valence-electron chi connectivity index (χ3n) is 5.37. The van der Waals surface area contributed by atoms with Crippen molar-refractivity contribution in [1.82, 2.24) is 15.2 Å².